The molecule has 0 bridgehead atoms. The van der Waals surface area contributed by atoms with E-state index in [0.717, 1.165) is 10.9 Å². The van der Waals surface area contributed by atoms with Crippen LogP contribution in [0.4, 0.5) is 5.69 Å². The van der Waals surface area contributed by atoms with Gasteiger partial charge in [-0.1, -0.05) is 18.2 Å². The minimum Gasteiger partial charge on any atom is -0.361 e. The van der Waals surface area contributed by atoms with Crippen LogP contribution in [0.25, 0.3) is 10.9 Å². The number of hydrogen-bond acceptors (Lipinski definition) is 2. The first-order chi connectivity index (χ1) is 10.1. The molecule has 4 nitrogen and oxygen atoms in total. The van der Waals surface area contributed by atoms with Gasteiger partial charge in [0.15, 0.2) is 5.78 Å². The van der Waals surface area contributed by atoms with Crippen LogP contribution >= 0.6 is 0 Å². The SMILES string of the molecule is CC(=O)c1cccc(NC(=O)c2ccc3cc[nH]c3c2)c1. The van der Waals surface area contributed by atoms with Gasteiger partial charge in [0.25, 0.3) is 5.91 Å². The third kappa shape index (κ3) is 2.69. The summed E-state index contributed by atoms with van der Waals surface area (Å²) in [6.07, 6.45) is 1.84. The van der Waals surface area contributed by atoms with Crippen molar-refractivity contribution in [3.8, 4) is 0 Å². The summed E-state index contributed by atoms with van der Waals surface area (Å²) in [6.45, 7) is 1.50. The van der Waals surface area contributed by atoms with Crippen LogP contribution in [0.1, 0.15) is 27.6 Å². The topological polar surface area (TPSA) is 62.0 Å². The highest BCUT2D eigenvalue weighted by molar-refractivity contribution is 6.06. The molecule has 0 fully saturated rings. The second kappa shape index (κ2) is 5.25. The fraction of sp³-hybridized carbons (Fsp3) is 0.0588. The van der Waals surface area contributed by atoms with Gasteiger partial charge in [-0.15, -0.1) is 0 Å². The highest BCUT2D eigenvalue weighted by Crippen LogP contribution is 2.16. The lowest BCUT2D eigenvalue weighted by Gasteiger charge is -2.06. The summed E-state index contributed by atoms with van der Waals surface area (Å²) >= 11 is 0. The second-order valence-corrected chi connectivity index (χ2v) is 4.87. The predicted octanol–water partition coefficient (Wildman–Crippen LogP) is 3.62. The van der Waals surface area contributed by atoms with Crippen LogP contribution < -0.4 is 5.32 Å². The molecule has 2 N–H and O–H groups in total. The van der Waals surface area contributed by atoms with Crippen molar-refractivity contribution in [1.82, 2.24) is 4.98 Å². The molecule has 0 aliphatic rings. The molecule has 0 spiro atoms. The van der Waals surface area contributed by atoms with Crippen LogP contribution in [0.2, 0.25) is 0 Å². The van der Waals surface area contributed by atoms with Crippen molar-refractivity contribution in [2.75, 3.05) is 5.32 Å². The molecule has 104 valence electrons. The molecule has 0 atom stereocenters. The zero-order valence-corrected chi connectivity index (χ0v) is 11.5. The quantitative estimate of drug-likeness (QED) is 0.719. The first kappa shape index (κ1) is 13.1. The van der Waals surface area contributed by atoms with Crippen LogP contribution in [-0.4, -0.2) is 16.7 Å². The van der Waals surface area contributed by atoms with Gasteiger partial charge in [-0.05, 0) is 42.6 Å². The molecule has 3 rings (SSSR count). The fourth-order valence-electron chi connectivity index (χ4n) is 2.21. The van der Waals surface area contributed by atoms with Gasteiger partial charge in [-0.25, -0.2) is 0 Å². The Hall–Kier alpha value is -2.88. The van der Waals surface area contributed by atoms with E-state index in [2.05, 4.69) is 10.3 Å². The Balaban J connectivity index is 1.85. The number of nitrogens with one attached hydrogen (secondary N) is 2. The van der Waals surface area contributed by atoms with Crippen LogP contribution in [0.3, 0.4) is 0 Å². The van der Waals surface area contributed by atoms with E-state index < -0.39 is 0 Å². The molecule has 0 unspecified atom stereocenters. The first-order valence-electron chi connectivity index (χ1n) is 6.63. The smallest absolute Gasteiger partial charge is 0.255 e. The van der Waals surface area contributed by atoms with Crippen LogP contribution in [-0.2, 0) is 0 Å². The maximum atomic E-state index is 12.3. The third-order valence-electron chi connectivity index (χ3n) is 3.34. The number of hydrogen-bond donors (Lipinski definition) is 2. The van der Waals surface area contributed by atoms with Crippen molar-refractivity contribution in [2.24, 2.45) is 0 Å². The third-order valence-corrected chi connectivity index (χ3v) is 3.34. The second-order valence-electron chi connectivity index (χ2n) is 4.87. The Morgan fingerprint density at radius 1 is 1.00 bits per heavy atom. The first-order valence-corrected chi connectivity index (χ1v) is 6.63. The van der Waals surface area contributed by atoms with E-state index in [-0.39, 0.29) is 11.7 Å². The summed E-state index contributed by atoms with van der Waals surface area (Å²) in [6, 6.07) is 14.3. The van der Waals surface area contributed by atoms with Crippen LogP contribution in [0.15, 0.2) is 54.7 Å². The monoisotopic (exact) mass is 278 g/mol. The molecular formula is C17H14N2O2. The molecule has 0 saturated carbocycles. The average Bonchev–Trinajstić information content (AvgIpc) is 2.94. The molecule has 1 heterocycles. The van der Waals surface area contributed by atoms with Gasteiger partial charge in [-0.2, -0.15) is 0 Å². The molecule has 0 aliphatic heterocycles. The molecule has 1 aromatic heterocycles. The number of ketones is 1. The zero-order valence-electron chi connectivity index (χ0n) is 11.5. The molecule has 0 aliphatic carbocycles. The summed E-state index contributed by atoms with van der Waals surface area (Å²) < 4.78 is 0. The van der Waals surface area contributed by atoms with Gasteiger partial charge in [0.1, 0.15) is 0 Å². The summed E-state index contributed by atoms with van der Waals surface area (Å²) in [4.78, 5) is 26.7. The van der Waals surface area contributed by atoms with E-state index in [1.54, 1.807) is 36.4 Å². The van der Waals surface area contributed by atoms with E-state index in [4.69, 9.17) is 0 Å². The van der Waals surface area contributed by atoms with Gasteiger partial charge in [0, 0.05) is 28.5 Å². The van der Waals surface area contributed by atoms with E-state index >= 15 is 0 Å². The lowest BCUT2D eigenvalue weighted by Crippen LogP contribution is -2.12. The number of carbonyl (C=O) groups is 2. The maximum Gasteiger partial charge on any atom is 0.255 e. The van der Waals surface area contributed by atoms with Crippen molar-refractivity contribution in [3.63, 3.8) is 0 Å². The predicted molar refractivity (Wildman–Crippen MR) is 82.7 cm³/mol. The number of fused-ring (bicyclic) bond motifs is 1. The van der Waals surface area contributed by atoms with Gasteiger partial charge in [0.05, 0.1) is 0 Å². The number of H-pyrrole nitrogens is 1. The minimum absolute atomic E-state index is 0.0288. The number of carbonyl (C=O) groups excluding carboxylic acids is 2. The number of aromatic amines is 1. The van der Waals surface area contributed by atoms with E-state index in [0.29, 0.717) is 16.8 Å². The molecule has 1 amide bonds. The summed E-state index contributed by atoms with van der Waals surface area (Å²) in [5.41, 5.74) is 2.67. The van der Waals surface area contributed by atoms with Crippen molar-refractivity contribution in [3.05, 3.63) is 65.9 Å². The summed E-state index contributed by atoms with van der Waals surface area (Å²) in [7, 11) is 0. The number of amides is 1. The van der Waals surface area contributed by atoms with Crippen molar-refractivity contribution in [2.45, 2.75) is 6.92 Å². The Morgan fingerprint density at radius 3 is 2.67 bits per heavy atom. The number of Topliss-reactive ketones (excluding diaryl/α,β-unsaturated/α-hetero) is 1. The molecule has 3 aromatic rings. The molecule has 2 aromatic carbocycles. The largest absolute Gasteiger partial charge is 0.361 e. The fourth-order valence-corrected chi connectivity index (χ4v) is 2.21. The van der Waals surface area contributed by atoms with Crippen LogP contribution in [0, 0.1) is 0 Å². The van der Waals surface area contributed by atoms with Gasteiger partial charge >= 0.3 is 0 Å². The Labute approximate surface area is 121 Å². The lowest BCUT2D eigenvalue weighted by molar-refractivity contribution is 0.101. The normalized spacial score (nSPS) is 10.5. The van der Waals surface area contributed by atoms with Gasteiger partial charge in [-0.3, -0.25) is 9.59 Å². The maximum absolute atomic E-state index is 12.3. The number of aromatic nitrogens is 1. The zero-order chi connectivity index (χ0) is 14.8. The van der Waals surface area contributed by atoms with Crippen LogP contribution in [0.5, 0.6) is 0 Å². The molecule has 4 heteroatoms. The highest BCUT2D eigenvalue weighted by Gasteiger charge is 2.08. The molecule has 0 radical (unpaired) electrons. The Kier molecular flexibility index (Phi) is 3.28. The van der Waals surface area contributed by atoms with E-state index in [1.165, 1.54) is 6.92 Å². The van der Waals surface area contributed by atoms with Crippen molar-refractivity contribution in [1.29, 1.82) is 0 Å². The number of rotatable bonds is 3. The minimum atomic E-state index is -0.202. The van der Waals surface area contributed by atoms with E-state index in [9.17, 15) is 9.59 Å². The van der Waals surface area contributed by atoms with Gasteiger partial charge < -0.3 is 10.3 Å². The molecule has 0 saturated heterocycles. The average molecular weight is 278 g/mol. The van der Waals surface area contributed by atoms with Crippen molar-refractivity contribution < 1.29 is 9.59 Å². The number of benzene rings is 2. The summed E-state index contributed by atoms with van der Waals surface area (Å²) in [5.74, 6) is -0.230. The van der Waals surface area contributed by atoms with Gasteiger partial charge in [0.2, 0.25) is 0 Å². The van der Waals surface area contributed by atoms with E-state index in [1.807, 2.05) is 18.3 Å². The standard InChI is InChI=1S/C17H14N2O2/c1-11(20)13-3-2-4-15(9-13)19-17(21)14-6-5-12-7-8-18-16(12)10-14/h2-10,18H,1H3,(H,19,21). The molecular weight excluding hydrogens is 264 g/mol. The Bertz CT molecular complexity index is 833. The highest BCUT2D eigenvalue weighted by atomic mass is 16.1. The van der Waals surface area contributed by atoms with Crippen molar-refractivity contribution >= 4 is 28.3 Å². The lowest BCUT2D eigenvalue weighted by atomic mass is 10.1. The number of anilines is 1. The summed E-state index contributed by atoms with van der Waals surface area (Å²) in [5, 5.41) is 3.87. The Morgan fingerprint density at radius 2 is 1.86 bits per heavy atom. The molecule has 21 heavy (non-hydrogen) atoms.